The van der Waals surface area contributed by atoms with Gasteiger partial charge >= 0.3 is 12.3 Å². The van der Waals surface area contributed by atoms with Gasteiger partial charge in [0.1, 0.15) is 0 Å². The van der Waals surface area contributed by atoms with Crippen LogP contribution < -0.4 is 0 Å². The van der Waals surface area contributed by atoms with Crippen LogP contribution in [0, 0.1) is 0 Å². The molecule has 0 rings (SSSR count). The van der Waals surface area contributed by atoms with Gasteiger partial charge in [0.25, 0.3) is 0 Å². The Kier molecular flexibility index (Phi) is 5.68. The zero-order valence-electron chi connectivity index (χ0n) is 6.66. The third-order valence-corrected chi connectivity index (χ3v) is 3.92. The molecule has 0 bridgehead atoms. The van der Waals surface area contributed by atoms with Gasteiger partial charge in [-0.25, -0.2) is 20.1 Å². The predicted molar refractivity (Wildman–Crippen MR) is 51.6 cm³/mol. The van der Waals surface area contributed by atoms with Crippen molar-refractivity contribution < 1.29 is 4.43 Å². The van der Waals surface area contributed by atoms with Crippen LogP contribution in [-0.4, -0.2) is 27.2 Å². The normalized spacial score (nSPS) is 11.7. The standard InChI is InChI=1S/C5H13OSi.Al.2ClH/c1-5-6-7(2,3)4;;;/h1,5H2,2-4H3;;2*1H/q;+2;;/p-2. The summed E-state index contributed by atoms with van der Waals surface area (Å²) in [5.74, 6) is 0. The Morgan fingerprint density at radius 1 is 1.30 bits per heavy atom. The van der Waals surface area contributed by atoms with Crippen molar-refractivity contribution in [2.75, 3.05) is 6.61 Å². The largest absolute Gasteiger partial charge is 0.521 e. The zero-order chi connectivity index (χ0) is 8.20. The van der Waals surface area contributed by atoms with Gasteiger partial charge in [-0.3, -0.25) is 0 Å². The maximum atomic E-state index is 5.65. The lowest BCUT2D eigenvalue weighted by molar-refractivity contribution is 0.334. The quantitative estimate of drug-likeness (QED) is 0.655. The molecule has 0 aromatic heterocycles. The number of hydrogen-bond donors (Lipinski definition) is 0. The number of hydrogen-bond acceptors (Lipinski definition) is 1. The summed E-state index contributed by atoms with van der Waals surface area (Å²) in [7, 11) is 9.97. The van der Waals surface area contributed by atoms with E-state index in [9.17, 15) is 0 Å². The summed E-state index contributed by atoms with van der Waals surface area (Å²) in [6.45, 7) is 7.23. The molecule has 0 saturated heterocycles. The third-order valence-electron chi connectivity index (χ3n) is 0.871. The van der Waals surface area contributed by atoms with E-state index in [1.807, 2.05) is 0 Å². The summed E-state index contributed by atoms with van der Waals surface area (Å²) in [6.07, 6.45) is 0. The van der Waals surface area contributed by atoms with Crippen LogP contribution in [0.15, 0.2) is 0 Å². The SMILES string of the molecule is C[Si](C)(C)OC[CH2][Al]([Cl])[Cl]. The molecule has 5 heteroatoms. The van der Waals surface area contributed by atoms with Gasteiger partial charge in [-0.1, -0.05) is 0 Å². The molecule has 1 nitrogen and oxygen atoms in total. The van der Waals surface area contributed by atoms with Crippen LogP contribution in [0.3, 0.4) is 0 Å². The molecule has 0 aromatic rings. The Bertz CT molecular complexity index is 94.1. The minimum Gasteiger partial charge on any atom is -0.419 e. The van der Waals surface area contributed by atoms with Crippen molar-refractivity contribution in [2.45, 2.75) is 24.9 Å². The van der Waals surface area contributed by atoms with E-state index in [1.165, 1.54) is 0 Å². The van der Waals surface area contributed by atoms with Crippen LogP contribution in [0.5, 0.6) is 0 Å². The smallest absolute Gasteiger partial charge is 0.419 e. The van der Waals surface area contributed by atoms with Crippen LogP contribution >= 0.6 is 20.1 Å². The summed E-state index contributed by atoms with van der Waals surface area (Å²) in [6, 6.07) is 0. The topological polar surface area (TPSA) is 9.23 Å². The van der Waals surface area contributed by atoms with E-state index in [0.29, 0.717) is 0 Å². The summed E-state index contributed by atoms with van der Waals surface area (Å²) >= 11 is -1.42. The van der Waals surface area contributed by atoms with Crippen LogP contribution in [0.25, 0.3) is 0 Å². The zero-order valence-corrected chi connectivity index (χ0v) is 10.3. The Labute approximate surface area is 76.6 Å². The molecule has 0 radical (unpaired) electrons. The average Bonchev–Trinajstić information content (AvgIpc) is 1.59. The van der Waals surface area contributed by atoms with Crippen molar-refractivity contribution in [1.29, 1.82) is 0 Å². The molecular formula is C5H13AlCl2OSi. The maximum Gasteiger partial charge on any atom is 0.521 e. The van der Waals surface area contributed by atoms with Crippen molar-refractivity contribution in [3.63, 3.8) is 0 Å². The van der Waals surface area contributed by atoms with Gasteiger partial charge in [-0.2, -0.15) is 0 Å². The fourth-order valence-corrected chi connectivity index (χ4v) is 2.25. The first kappa shape index (κ1) is 11.3. The van der Waals surface area contributed by atoms with Crippen molar-refractivity contribution in [3.8, 4) is 0 Å². The molecule has 0 fully saturated rings. The first-order valence-electron chi connectivity index (χ1n) is 3.34. The molecule has 0 aliphatic heterocycles. The molecule has 0 amide bonds. The van der Waals surface area contributed by atoms with Crippen molar-refractivity contribution in [1.82, 2.24) is 0 Å². The van der Waals surface area contributed by atoms with Gasteiger partial charge in [-0.15, -0.1) is 0 Å². The van der Waals surface area contributed by atoms with E-state index in [1.54, 1.807) is 0 Å². The summed E-state index contributed by atoms with van der Waals surface area (Å²) < 4.78 is 5.54. The second-order valence-corrected chi connectivity index (χ2v) is 12.8. The summed E-state index contributed by atoms with van der Waals surface area (Å²) in [5.41, 5.74) is 0. The summed E-state index contributed by atoms with van der Waals surface area (Å²) in [5, 5.41) is 0.868. The number of rotatable bonds is 4. The molecule has 0 spiro atoms. The fourth-order valence-electron chi connectivity index (χ4n) is 0.454. The molecular weight excluding hydrogens is 202 g/mol. The molecule has 0 saturated carbocycles. The molecule has 60 valence electrons. The lowest BCUT2D eigenvalue weighted by Crippen LogP contribution is -2.26. The van der Waals surface area contributed by atoms with Gasteiger partial charge in [-0.05, 0) is 24.9 Å². The van der Waals surface area contributed by atoms with E-state index in [4.69, 9.17) is 24.5 Å². The molecule has 0 aromatic carbocycles. The van der Waals surface area contributed by atoms with Crippen LogP contribution in [0.2, 0.25) is 24.9 Å². The second kappa shape index (κ2) is 5.03. The van der Waals surface area contributed by atoms with Crippen LogP contribution in [0.4, 0.5) is 0 Å². The van der Waals surface area contributed by atoms with Gasteiger partial charge in [0.2, 0.25) is 0 Å². The highest BCUT2D eigenvalue weighted by Crippen LogP contribution is 2.07. The Morgan fingerprint density at radius 3 is 2.10 bits per heavy atom. The van der Waals surface area contributed by atoms with Gasteiger partial charge in [0.05, 0.1) is 0 Å². The molecule has 0 heterocycles. The first-order chi connectivity index (χ1) is 4.42. The summed E-state index contributed by atoms with van der Waals surface area (Å²) in [4.78, 5) is 0. The van der Waals surface area contributed by atoms with E-state index < -0.39 is 20.6 Å². The molecule has 0 unspecified atom stereocenters. The average molecular weight is 215 g/mol. The Morgan fingerprint density at radius 2 is 1.80 bits per heavy atom. The van der Waals surface area contributed by atoms with Crippen molar-refractivity contribution >= 4 is 40.7 Å². The van der Waals surface area contributed by atoms with E-state index in [2.05, 4.69) is 19.6 Å². The minimum absolute atomic E-state index is 0.750. The van der Waals surface area contributed by atoms with Crippen molar-refractivity contribution in [3.05, 3.63) is 0 Å². The Balaban J connectivity index is 3.21. The highest BCUT2D eigenvalue weighted by atomic mass is 35.7. The minimum atomic E-state index is -1.42. The third kappa shape index (κ3) is 9.29. The van der Waals surface area contributed by atoms with E-state index in [0.717, 1.165) is 11.9 Å². The van der Waals surface area contributed by atoms with Crippen LogP contribution in [-0.2, 0) is 4.43 Å². The lowest BCUT2D eigenvalue weighted by Gasteiger charge is -2.16. The molecule has 0 atom stereocenters. The van der Waals surface area contributed by atoms with E-state index >= 15 is 0 Å². The highest BCUT2D eigenvalue weighted by Gasteiger charge is 2.16. The molecule has 10 heavy (non-hydrogen) atoms. The first-order valence-corrected chi connectivity index (χ1v) is 11.1. The maximum absolute atomic E-state index is 5.65. The Hall–Kier alpha value is 1.29. The fraction of sp³-hybridized carbons (Fsp3) is 1.00. The highest BCUT2D eigenvalue weighted by molar-refractivity contribution is 7.33. The lowest BCUT2D eigenvalue weighted by atomic mass is 10.9. The van der Waals surface area contributed by atoms with E-state index in [-0.39, 0.29) is 0 Å². The van der Waals surface area contributed by atoms with Gasteiger partial charge in [0, 0.05) is 6.61 Å². The van der Waals surface area contributed by atoms with Crippen LogP contribution in [0.1, 0.15) is 0 Å². The monoisotopic (exact) mass is 214 g/mol. The molecule has 0 aliphatic carbocycles. The van der Waals surface area contributed by atoms with Gasteiger partial charge in [0.15, 0.2) is 8.32 Å². The number of halogens is 2. The molecule has 0 aliphatic rings. The second-order valence-electron chi connectivity index (χ2n) is 3.14. The van der Waals surface area contributed by atoms with Crippen molar-refractivity contribution in [2.24, 2.45) is 0 Å². The predicted octanol–water partition coefficient (Wildman–Crippen LogP) is 2.80. The molecule has 0 N–H and O–H groups in total. The van der Waals surface area contributed by atoms with Gasteiger partial charge < -0.3 is 4.43 Å².